The molecule has 0 amide bonds. The van der Waals surface area contributed by atoms with Crippen LogP contribution in [0.3, 0.4) is 0 Å². The van der Waals surface area contributed by atoms with Gasteiger partial charge in [0.05, 0.1) is 40.4 Å². The number of fused-ring (bicyclic) bond motifs is 1. The van der Waals surface area contributed by atoms with Gasteiger partial charge in [-0.2, -0.15) is 0 Å². The Morgan fingerprint density at radius 1 is 1.22 bits per heavy atom. The van der Waals surface area contributed by atoms with Crippen LogP contribution >= 0.6 is 0 Å². The highest BCUT2D eigenvalue weighted by Gasteiger charge is 2.16. The molecule has 0 aliphatic heterocycles. The maximum atomic E-state index is 12.9. The summed E-state index contributed by atoms with van der Waals surface area (Å²) in [4.78, 5) is 12.1. The largest absolute Gasteiger partial charge is 0.496 e. The molecule has 0 unspecified atom stereocenters. The minimum absolute atomic E-state index is 0.284. The first-order chi connectivity index (χ1) is 13.1. The summed E-state index contributed by atoms with van der Waals surface area (Å²) in [5.74, 6) is 1.07. The Morgan fingerprint density at radius 3 is 2.74 bits per heavy atom. The minimum atomic E-state index is -1.33. The Balaban J connectivity index is 1.63. The van der Waals surface area contributed by atoms with E-state index in [1.54, 1.807) is 13.3 Å². The van der Waals surface area contributed by atoms with Gasteiger partial charge in [0.1, 0.15) is 5.75 Å². The van der Waals surface area contributed by atoms with Gasteiger partial charge in [0.25, 0.3) is 0 Å². The SMILES string of the molecule is COc1c(C)cnc(C[S@@](=O)c2nc3ccc(-n4cccc4)cc3[nH]2)c1C. The Labute approximate surface area is 159 Å². The van der Waals surface area contributed by atoms with Gasteiger partial charge in [-0.1, -0.05) is 0 Å². The summed E-state index contributed by atoms with van der Waals surface area (Å²) in [6.45, 7) is 3.88. The Hall–Kier alpha value is -2.93. The first-order valence-electron chi connectivity index (χ1n) is 8.57. The molecule has 1 atom stereocenters. The van der Waals surface area contributed by atoms with Gasteiger partial charge in [0.15, 0.2) is 5.16 Å². The highest BCUT2D eigenvalue weighted by atomic mass is 32.2. The number of ether oxygens (including phenoxy) is 1. The molecule has 4 rings (SSSR count). The normalized spacial score (nSPS) is 12.4. The first-order valence-corrected chi connectivity index (χ1v) is 9.89. The molecule has 0 bridgehead atoms. The van der Waals surface area contributed by atoms with Crippen molar-refractivity contribution in [3.8, 4) is 11.4 Å². The Kier molecular flexibility index (Phi) is 4.53. The fourth-order valence-corrected chi connectivity index (χ4v) is 4.26. The van der Waals surface area contributed by atoms with Gasteiger partial charge in [-0.3, -0.25) is 9.19 Å². The van der Waals surface area contributed by atoms with Gasteiger partial charge < -0.3 is 14.3 Å². The number of hydrogen-bond donors (Lipinski definition) is 1. The molecular formula is C20H20N4O2S. The van der Waals surface area contributed by atoms with E-state index in [0.29, 0.717) is 5.16 Å². The van der Waals surface area contributed by atoms with E-state index in [0.717, 1.165) is 39.3 Å². The predicted octanol–water partition coefficient (Wildman–Crippen LogP) is 3.68. The number of benzene rings is 1. The Morgan fingerprint density at radius 2 is 2.00 bits per heavy atom. The van der Waals surface area contributed by atoms with Crippen LogP contribution in [0, 0.1) is 13.8 Å². The van der Waals surface area contributed by atoms with Gasteiger partial charge in [-0.25, -0.2) is 4.98 Å². The fourth-order valence-electron chi connectivity index (χ4n) is 3.16. The molecule has 138 valence electrons. The average molecular weight is 380 g/mol. The maximum absolute atomic E-state index is 12.9. The summed E-state index contributed by atoms with van der Waals surface area (Å²) < 4.78 is 20.3. The molecule has 3 heterocycles. The van der Waals surface area contributed by atoms with E-state index in [9.17, 15) is 4.21 Å². The van der Waals surface area contributed by atoms with E-state index in [1.807, 2.05) is 61.1 Å². The molecule has 1 N–H and O–H groups in total. The number of hydrogen-bond acceptors (Lipinski definition) is 4. The van der Waals surface area contributed by atoms with Crippen LogP contribution in [-0.4, -0.2) is 30.8 Å². The van der Waals surface area contributed by atoms with E-state index in [2.05, 4.69) is 15.0 Å². The van der Waals surface area contributed by atoms with E-state index < -0.39 is 10.8 Å². The van der Waals surface area contributed by atoms with E-state index in [-0.39, 0.29) is 5.75 Å². The topological polar surface area (TPSA) is 72.8 Å². The van der Waals surface area contributed by atoms with Crippen LogP contribution in [0.5, 0.6) is 5.75 Å². The molecule has 0 spiro atoms. The molecule has 0 fully saturated rings. The number of aromatic amines is 1. The number of pyridine rings is 1. The third kappa shape index (κ3) is 3.26. The number of imidazole rings is 1. The van der Waals surface area contributed by atoms with E-state index in [4.69, 9.17) is 4.74 Å². The quantitative estimate of drug-likeness (QED) is 0.573. The summed E-state index contributed by atoms with van der Waals surface area (Å²) in [6, 6.07) is 9.87. The van der Waals surface area contributed by atoms with Crippen LogP contribution in [0.2, 0.25) is 0 Å². The van der Waals surface area contributed by atoms with Gasteiger partial charge in [-0.05, 0) is 44.2 Å². The van der Waals surface area contributed by atoms with Crippen LogP contribution in [0.15, 0.2) is 54.1 Å². The van der Waals surface area contributed by atoms with E-state index in [1.165, 1.54) is 0 Å². The number of nitrogens with zero attached hydrogens (tertiary/aromatic N) is 3. The summed E-state index contributed by atoms with van der Waals surface area (Å²) in [6.07, 6.45) is 5.71. The second-order valence-corrected chi connectivity index (χ2v) is 7.74. The molecule has 0 radical (unpaired) electrons. The van der Waals surface area contributed by atoms with Gasteiger partial charge in [0, 0.05) is 35.4 Å². The van der Waals surface area contributed by atoms with Crippen LogP contribution in [0.4, 0.5) is 0 Å². The van der Waals surface area contributed by atoms with Crippen molar-refractivity contribution in [2.45, 2.75) is 24.8 Å². The third-order valence-electron chi connectivity index (χ3n) is 4.58. The van der Waals surface area contributed by atoms with Crippen molar-refractivity contribution < 1.29 is 8.95 Å². The fraction of sp³-hybridized carbons (Fsp3) is 0.200. The van der Waals surface area contributed by atoms with Crippen molar-refractivity contribution in [1.29, 1.82) is 0 Å². The molecule has 1 aromatic carbocycles. The van der Waals surface area contributed by atoms with Gasteiger partial charge >= 0.3 is 0 Å². The van der Waals surface area contributed by atoms with Gasteiger partial charge in [-0.15, -0.1) is 0 Å². The molecule has 7 heteroatoms. The molecule has 0 saturated carbocycles. The minimum Gasteiger partial charge on any atom is -0.496 e. The molecule has 6 nitrogen and oxygen atoms in total. The zero-order chi connectivity index (χ0) is 19.0. The molecule has 27 heavy (non-hydrogen) atoms. The number of aromatic nitrogens is 4. The van der Waals surface area contributed by atoms with Crippen molar-refractivity contribution in [3.05, 3.63) is 65.7 Å². The summed E-state index contributed by atoms with van der Waals surface area (Å²) in [5.41, 5.74) is 5.30. The lowest BCUT2D eigenvalue weighted by atomic mass is 10.1. The van der Waals surface area contributed by atoms with E-state index >= 15 is 0 Å². The zero-order valence-electron chi connectivity index (χ0n) is 15.4. The predicted molar refractivity (Wildman–Crippen MR) is 106 cm³/mol. The zero-order valence-corrected chi connectivity index (χ0v) is 16.2. The summed E-state index contributed by atoms with van der Waals surface area (Å²) in [7, 11) is 0.308. The van der Waals surface area contributed by atoms with Crippen molar-refractivity contribution >= 4 is 21.8 Å². The average Bonchev–Trinajstić information content (AvgIpc) is 3.33. The Bertz CT molecular complexity index is 1130. The van der Waals surface area contributed by atoms with Crippen molar-refractivity contribution in [2.24, 2.45) is 0 Å². The van der Waals surface area contributed by atoms with Gasteiger partial charge in [0.2, 0.25) is 0 Å². The lowest BCUT2D eigenvalue weighted by Crippen LogP contribution is -2.05. The van der Waals surface area contributed by atoms with Crippen molar-refractivity contribution in [2.75, 3.05) is 7.11 Å². The lowest BCUT2D eigenvalue weighted by molar-refractivity contribution is 0.407. The highest BCUT2D eigenvalue weighted by Crippen LogP contribution is 2.26. The standard InChI is InChI=1S/C20H20N4O2S/c1-13-11-21-18(14(2)19(13)26-3)12-27(25)20-22-16-7-6-15(10-17(16)23-20)24-8-4-5-9-24/h4-11H,12H2,1-3H3,(H,22,23)/t27-/m1/s1. The molecule has 0 aliphatic carbocycles. The lowest BCUT2D eigenvalue weighted by Gasteiger charge is -2.11. The molecule has 0 saturated heterocycles. The molecule has 3 aromatic heterocycles. The molecule has 4 aromatic rings. The van der Waals surface area contributed by atoms with Crippen molar-refractivity contribution in [3.63, 3.8) is 0 Å². The highest BCUT2D eigenvalue weighted by molar-refractivity contribution is 7.84. The number of aryl methyl sites for hydroxylation is 1. The molecular weight excluding hydrogens is 360 g/mol. The maximum Gasteiger partial charge on any atom is 0.197 e. The van der Waals surface area contributed by atoms with Crippen LogP contribution < -0.4 is 4.74 Å². The number of nitrogens with one attached hydrogen (secondary N) is 1. The number of methoxy groups -OCH3 is 1. The summed E-state index contributed by atoms with van der Waals surface area (Å²) >= 11 is 0. The smallest absolute Gasteiger partial charge is 0.197 e. The first kappa shape index (κ1) is 17.5. The second-order valence-electron chi connectivity index (χ2n) is 6.37. The van der Waals surface area contributed by atoms with Crippen LogP contribution in [0.25, 0.3) is 16.7 Å². The molecule has 0 aliphatic rings. The van der Waals surface area contributed by atoms with Crippen LogP contribution in [-0.2, 0) is 16.6 Å². The number of rotatable bonds is 5. The second kappa shape index (κ2) is 7.00. The van der Waals surface area contributed by atoms with Crippen molar-refractivity contribution in [1.82, 2.24) is 19.5 Å². The van der Waals surface area contributed by atoms with Crippen LogP contribution in [0.1, 0.15) is 16.8 Å². The third-order valence-corrected chi connectivity index (χ3v) is 5.74. The monoisotopic (exact) mass is 380 g/mol. The summed E-state index contributed by atoms with van der Waals surface area (Å²) in [5, 5.41) is 0.454. The number of H-pyrrole nitrogens is 1.